The van der Waals surface area contributed by atoms with Gasteiger partial charge in [-0.1, -0.05) is 6.92 Å². The molecule has 8 heteroatoms. The van der Waals surface area contributed by atoms with Gasteiger partial charge in [-0.15, -0.1) is 0 Å². The molecule has 4 rings (SSSR count). The summed E-state index contributed by atoms with van der Waals surface area (Å²) >= 11 is 5.47. The van der Waals surface area contributed by atoms with E-state index in [-0.39, 0.29) is 0 Å². The maximum atomic E-state index is 5.58. The van der Waals surface area contributed by atoms with Crippen LogP contribution in [0.5, 0.6) is 0 Å². The average Bonchev–Trinajstić information content (AvgIpc) is 3.38. The molecule has 0 aromatic carbocycles. The van der Waals surface area contributed by atoms with Gasteiger partial charge in [0.2, 0.25) is 5.95 Å². The Morgan fingerprint density at radius 2 is 1.86 bits per heavy atom. The lowest BCUT2D eigenvalue weighted by Crippen LogP contribution is -2.35. The van der Waals surface area contributed by atoms with Crippen molar-refractivity contribution in [1.29, 1.82) is 0 Å². The molecule has 2 aromatic heterocycles. The Bertz CT molecular complexity index is 847. The highest BCUT2D eigenvalue weighted by atomic mass is 32.1. The zero-order chi connectivity index (χ0) is 20.2. The van der Waals surface area contributed by atoms with E-state index in [0.29, 0.717) is 23.5 Å². The SMILES string of the molecule is Cc1ccc(CNC(=S)Nc2nc(N3CCCC3)cc(N3CCC[C@@H](C)C3)n2)o1. The first kappa shape index (κ1) is 19.9. The van der Waals surface area contributed by atoms with Gasteiger partial charge in [-0.2, -0.15) is 9.97 Å². The smallest absolute Gasteiger partial charge is 0.232 e. The van der Waals surface area contributed by atoms with Crippen molar-refractivity contribution in [2.24, 2.45) is 5.92 Å². The van der Waals surface area contributed by atoms with Crippen molar-refractivity contribution in [3.05, 3.63) is 29.7 Å². The van der Waals surface area contributed by atoms with Crippen LogP contribution in [-0.4, -0.2) is 41.3 Å². The first-order valence-corrected chi connectivity index (χ1v) is 11.0. The van der Waals surface area contributed by atoms with Gasteiger partial charge in [0.1, 0.15) is 23.2 Å². The second-order valence-electron chi connectivity index (χ2n) is 8.12. The van der Waals surface area contributed by atoms with Gasteiger partial charge in [-0.3, -0.25) is 0 Å². The van der Waals surface area contributed by atoms with Gasteiger partial charge < -0.3 is 24.9 Å². The van der Waals surface area contributed by atoms with Crippen LogP contribution in [0.15, 0.2) is 22.6 Å². The Kier molecular flexibility index (Phi) is 6.18. The summed E-state index contributed by atoms with van der Waals surface area (Å²) in [7, 11) is 0. The molecular formula is C21H30N6OS. The van der Waals surface area contributed by atoms with Crippen molar-refractivity contribution in [2.45, 2.75) is 46.1 Å². The van der Waals surface area contributed by atoms with Crippen molar-refractivity contribution in [3.63, 3.8) is 0 Å². The molecule has 1 atom stereocenters. The molecule has 0 unspecified atom stereocenters. The summed E-state index contributed by atoms with van der Waals surface area (Å²) in [5.41, 5.74) is 0. The predicted octanol–water partition coefficient (Wildman–Crippen LogP) is 3.70. The number of rotatable bonds is 5. The maximum Gasteiger partial charge on any atom is 0.232 e. The minimum atomic E-state index is 0.496. The number of hydrogen-bond donors (Lipinski definition) is 2. The highest BCUT2D eigenvalue weighted by Gasteiger charge is 2.22. The van der Waals surface area contributed by atoms with E-state index < -0.39 is 0 Å². The first-order valence-electron chi connectivity index (χ1n) is 10.6. The van der Waals surface area contributed by atoms with E-state index in [1.165, 1.54) is 25.7 Å². The topological polar surface area (TPSA) is 69.5 Å². The molecule has 2 saturated heterocycles. The lowest BCUT2D eigenvalue weighted by Gasteiger charge is -2.32. The summed E-state index contributed by atoms with van der Waals surface area (Å²) in [6.45, 7) is 8.95. The third-order valence-electron chi connectivity index (χ3n) is 5.55. The number of thiocarbonyl (C=S) groups is 1. The van der Waals surface area contributed by atoms with Crippen LogP contribution in [0.4, 0.5) is 17.6 Å². The number of aromatic nitrogens is 2. The number of nitrogens with zero attached hydrogens (tertiary/aromatic N) is 4. The van der Waals surface area contributed by atoms with Gasteiger partial charge in [-0.25, -0.2) is 0 Å². The van der Waals surface area contributed by atoms with Gasteiger partial charge in [0.25, 0.3) is 0 Å². The van der Waals surface area contributed by atoms with Gasteiger partial charge in [0, 0.05) is 32.2 Å². The molecule has 156 valence electrons. The molecule has 0 saturated carbocycles. The summed E-state index contributed by atoms with van der Waals surface area (Å²) < 4.78 is 5.58. The molecule has 0 radical (unpaired) electrons. The van der Waals surface area contributed by atoms with Crippen LogP contribution in [0.2, 0.25) is 0 Å². The average molecular weight is 415 g/mol. The fourth-order valence-electron chi connectivity index (χ4n) is 4.04. The molecule has 0 aliphatic carbocycles. The van der Waals surface area contributed by atoms with E-state index in [2.05, 4.69) is 33.4 Å². The summed E-state index contributed by atoms with van der Waals surface area (Å²) in [4.78, 5) is 14.3. The zero-order valence-corrected chi connectivity index (χ0v) is 18.1. The minimum absolute atomic E-state index is 0.496. The van der Waals surface area contributed by atoms with Crippen molar-refractivity contribution in [2.75, 3.05) is 41.3 Å². The highest BCUT2D eigenvalue weighted by Crippen LogP contribution is 2.27. The van der Waals surface area contributed by atoms with E-state index in [9.17, 15) is 0 Å². The largest absolute Gasteiger partial charge is 0.465 e. The minimum Gasteiger partial charge on any atom is -0.465 e. The molecule has 2 aliphatic heterocycles. The van der Waals surface area contributed by atoms with E-state index in [1.54, 1.807) is 0 Å². The number of nitrogens with one attached hydrogen (secondary N) is 2. The molecule has 0 spiro atoms. The molecule has 2 N–H and O–H groups in total. The molecule has 2 aliphatic rings. The predicted molar refractivity (Wildman–Crippen MR) is 121 cm³/mol. The Morgan fingerprint density at radius 3 is 2.55 bits per heavy atom. The van der Waals surface area contributed by atoms with Gasteiger partial charge in [0.05, 0.1) is 6.54 Å². The molecule has 29 heavy (non-hydrogen) atoms. The van der Waals surface area contributed by atoms with E-state index in [0.717, 1.165) is 49.3 Å². The Hall–Kier alpha value is -2.35. The molecule has 0 bridgehead atoms. The quantitative estimate of drug-likeness (QED) is 0.718. The molecule has 2 aromatic rings. The van der Waals surface area contributed by atoms with Crippen molar-refractivity contribution >= 4 is 34.9 Å². The number of hydrogen-bond acceptors (Lipinski definition) is 6. The van der Waals surface area contributed by atoms with E-state index >= 15 is 0 Å². The number of aryl methyl sites for hydroxylation is 1. The van der Waals surface area contributed by atoms with Crippen LogP contribution in [-0.2, 0) is 6.54 Å². The highest BCUT2D eigenvalue weighted by molar-refractivity contribution is 7.80. The van der Waals surface area contributed by atoms with Crippen molar-refractivity contribution in [1.82, 2.24) is 15.3 Å². The second-order valence-corrected chi connectivity index (χ2v) is 8.52. The Labute approximate surface area is 177 Å². The second kappa shape index (κ2) is 8.98. The van der Waals surface area contributed by atoms with Crippen LogP contribution < -0.4 is 20.4 Å². The number of furan rings is 1. The fraction of sp³-hybridized carbons (Fsp3) is 0.571. The lowest BCUT2D eigenvalue weighted by atomic mass is 10.0. The van der Waals surface area contributed by atoms with E-state index in [1.807, 2.05) is 19.1 Å². The summed E-state index contributed by atoms with van der Waals surface area (Å²) in [6.07, 6.45) is 4.91. The van der Waals surface area contributed by atoms with Gasteiger partial charge >= 0.3 is 0 Å². The Balaban J connectivity index is 1.48. The third kappa shape index (κ3) is 5.18. The normalized spacial score (nSPS) is 19.4. The Morgan fingerprint density at radius 1 is 1.14 bits per heavy atom. The molecule has 2 fully saturated rings. The van der Waals surface area contributed by atoms with E-state index in [4.69, 9.17) is 26.6 Å². The summed E-state index contributed by atoms with van der Waals surface area (Å²) in [5, 5.41) is 6.85. The lowest BCUT2D eigenvalue weighted by molar-refractivity contribution is 0.444. The molecule has 4 heterocycles. The van der Waals surface area contributed by atoms with Crippen LogP contribution in [0, 0.1) is 12.8 Å². The summed E-state index contributed by atoms with van der Waals surface area (Å²) in [5.74, 6) is 4.95. The number of piperidine rings is 1. The van der Waals surface area contributed by atoms with Crippen molar-refractivity contribution < 1.29 is 4.42 Å². The van der Waals surface area contributed by atoms with Gasteiger partial charge in [0.15, 0.2) is 5.11 Å². The van der Waals surface area contributed by atoms with Crippen LogP contribution in [0.1, 0.15) is 44.1 Å². The van der Waals surface area contributed by atoms with Crippen LogP contribution >= 0.6 is 12.2 Å². The fourth-order valence-corrected chi connectivity index (χ4v) is 4.20. The molecule has 0 amide bonds. The number of anilines is 3. The van der Waals surface area contributed by atoms with Crippen LogP contribution in [0.3, 0.4) is 0 Å². The standard InChI is InChI=1S/C21H30N6OS/c1-15-6-5-11-27(14-15)19-12-18(26-9-3-4-10-26)23-20(24-19)25-21(29)22-13-17-8-7-16(2)28-17/h7-8,12,15H,3-6,9-11,13-14H2,1-2H3,(H2,22,23,24,25,29)/t15-/m1/s1. The maximum absolute atomic E-state index is 5.58. The monoisotopic (exact) mass is 414 g/mol. The van der Waals surface area contributed by atoms with Crippen molar-refractivity contribution in [3.8, 4) is 0 Å². The zero-order valence-electron chi connectivity index (χ0n) is 17.3. The third-order valence-corrected chi connectivity index (χ3v) is 5.80. The van der Waals surface area contributed by atoms with Gasteiger partial charge in [-0.05, 0) is 62.9 Å². The first-order chi connectivity index (χ1) is 14.1. The van der Waals surface area contributed by atoms with Crippen LogP contribution in [0.25, 0.3) is 0 Å². The summed E-state index contributed by atoms with van der Waals surface area (Å²) in [6, 6.07) is 6.03. The molecular weight excluding hydrogens is 384 g/mol. The molecule has 7 nitrogen and oxygen atoms in total.